The van der Waals surface area contributed by atoms with Crippen molar-refractivity contribution < 1.29 is 5.11 Å². The van der Waals surface area contributed by atoms with Crippen molar-refractivity contribution in [1.82, 2.24) is 0 Å². The van der Waals surface area contributed by atoms with E-state index in [1.807, 2.05) is 0 Å². The van der Waals surface area contributed by atoms with Crippen molar-refractivity contribution in [3.63, 3.8) is 0 Å². The standard InChI is InChI=1S/C16H28O/c1-15(2,17)16-10-6-5-8-13(16)11-12-7-3-4-9-14(12)16/h12-14,17H,3-11H2,1-2H3. The summed E-state index contributed by atoms with van der Waals surface area (Å²) in [6, 6.07) is 0. The predicted molar refractivity (Wildman–Crippen MR) is 70.8 cm³/mol. The van der Waals surface area contributed by atoms with Crippen LogP contribution in [0, 0.1) is 23.2 Å². The fraction of sp³-hybridized carbons (Fsp3) is 1.00. The molecule has 1 heteroatoms. The summed E-state index contributed by atoms with van der Waals surface area (Å²) >= 11 is 0. The highest BCUT2D eigenvalue weighted by atomic mass is 16.3. The molecule has 0 aliphatic heterocycles. The van der Waals surface area contributed by atoms with Gasteiger partial charge in [0.1, 0.15) is 0 Å². The van der Waals surface area contributed by atoms with Gasteiger partial charge in [0.2, 0.25) is 0 Å². The lowest BCUT2D eigenvalue weighted by molar-refractivity contribution is -0.130. The topological polar surface area (TPSA) is 20.2 Å². The van der Waals surface area contributed by atoms with Gasteiger partial charge in [-0.15, -0.1) is 0 Å². The number of fused-ring (bicyclic) bond motifs is 3. The molecule has 0 bridgehead atoms. The molecule has 3 saturated carbocycles. The maximum absolute atomic E-state index is 10.8. The molecule has 98 valence electrons. The quantitative estimate of drug-likeness (QED) is 0.725. The molecular weight excluding hydrogens is 208 g/mol. The summed E-state index contributed by atoms with van der Waals surface area (Å²) in [7, 11) is 0. The first-order chi connectivity index (χ1) is 8.06. The molecule has 0 heterocycles. The van der Waals surface area contributed by atoms with Crippen LogP contribution in [-0.2, 0) is 0 Å². The highest BCUT2D eigenvalue weighted by Gasteiger charge is 2.61. The van der Waals surface area contributed by atoms with Crippen LogP contribution in [0.25, 0.3) is 0 Å². The zero-order chi connectivity index (χ0) is 12.1. The average Bonchev–Trinajstić information content (AvgIpc) is 2.63. The number of hydrogen-bond donors (Lipinski definition) is 1. The zero-order valence-electron chi connectivity index (χ0n) is 11.5. The minimum Gasteiger partial charge on any atom is -0.390 e. The molecule has 3 aliphatic rings. The number of hydrogen-bond acceptors (Lipinski definition) is 1. The first-order valence-corrected chi connectivity index (χ1v) is 7.78. The summed E-state index contributed by atoms with van der Waals surface area (Å²) in [5.41, 5.74) is -0.189. The minimum atomic E-state index is -0.463. The van der Waals surface area contributed by atoms with Gasteiger partial charge >= 0.3 is 0 Å². The highest BCUT2D eigenvalue weighted by molar-refractivity contribution is 5.10. The van der Waals surface area contributed by atoms with Gasteiger partial charge in [0, 0.05) is 5.41 Å². The van der Waals surface area contributed by atoms with Crippen molar-refractivity contribution >= 4 is 0 Å². The third-order valence-corrected chi connectivity index (χ3v) is 6.42. The molecule has 0 aromatic carbocycles. The Morgan fingerprint density at radius 1 is 1.00 bits per heavy atom. The molecule has 17 heavy (non-hydrogen) atoms. The Morgan fingerprint density at radius 2 is 1.71 bits per heavy atom. The molecule has 3 aliphatic carbocycles. The molecule has 4 atom stereocenters. The Balaban J connectivity index is 1.98. The van der Waals surface area contributed by atoms with E-state index in [4.69, 9.17) is 0 Å². The summed E-state index contributed by atoms with van der Waals surface area (Å²) in [5, 5.41) is 10.8. The smallest absolute Gasteiger partial charge is 0.0653 e. The van der Waals surface area contributed by atoms with Crippen LogP contribution in [0.2, 0.25) is 0 Å². The normalized spacial score (nSPS) is 46.4. The second-order valence-electron chi connectivity index (χ2n) is 7.43. The molecule has 0 amide bonds. The van der Waals surface area contributed by atoms with Crippen LogP contribution < -0.4 is 0 Å². The van der Waals surface area contributed by atoms with Gasteiger partial charge in [0.25, 0.3) is 0 Å². The SMILES string of the molecule is CC(C)(O)C12CCCCC1CC1CCCCC12. The van der Waals surface area contributed by atoms with Gasteiger partial charge in [0.05, 0.1) is 5.60 Å². The van der Waals surface area contributed by atoms with Crippen LogP contribution in [0.5, 0.6) is 0 Å². The third-order valence-electron chi connectivity index (χ3n) is 6.42. The minimum absolute atomic E-state index is 0.274. The van der Waals surface area contributed by atoms with Gasteiger partial charge in [-0.1, -0.05) is 32.1 Å². The molecule has 4 unspecified atom stereocenters. The van der Waals surface area contributed by atoms with Crippen molar-refractivity contribution in [3.8, 4) is 0 Å². The van der Waals surface area contributed by atoms with Gasteiger partial charge in [0.15, 0.2) is 0 Å². The van der Waals surface area contributed by atoms with Crippen LogP contribution in [0.4, 0.5) is 0 Å². The highest BCUT2D eigenvalue weighted by Crippen LogP contribution is 2.65. The van der Waals surface area contributed by atoms with E-state index >= 15 is 0 Å². The van der Waals surface area contributed by atoms with Crippen molar-refractivity contribution in [1.29, 1.82) is 0 Å². The first-order valence-electron chi connectivity index (χ1n) is 7.78. The van der Waals surface area contributed by atoms with E-state index in [9.17, 15) is 5.11 Å². The van der Waals surface area contributed by atoms with Crippen molar-refractivity contribution in [2.24, 2.45) is 23.2 Å². The van der Waals surface area contributed by atoms with E-state index in [2.05, 4.69) is 13.8 Å². The summed E-state index contributed by atoms with van der Waals surface area (Å²) in [5.74, 6) is 2.60. The lowest BCUT2D eigenvalue weighted by atomic mass is 9.54. The Morgan fingerprint density at radius 3 is 2.47 bits per heavy atom. The third kappa shape index (κ3) is 1.61. The molecule has 3 fully saturated rings. The summed E-state index contributed by atoms with van der Waals surface area (Å²) in [6.45, 7) is 4.20. The summed E-state index contributed by atoms with van der Waals surface area (Å²) in [6.07, 6.45) is 12.5. The molecule has 0 saturated heterocycles. The van der Waals surface area contributed by atoms with E-state index < -0.39 is 5.60 Å². The largest absolute Gasteiger partial charge is 0.390 e. The van der Waals surface area contributed by atoms with Gasteiger partial charge in [-0.25, -0.2) is 0 Å². The van der Waals surface area contributed by atoms with Crippen molar-refractivity contribution in [3.05, 3.63) is 0 Å². The Hall–Kier alpha value is -0.0400. The van der Waals surface area contributed by atoms with Crippen LogP contribution in [0.1, 0.15) is 71.6 Å². The van der Waals surface area contributed by atoms with E-state index in [1.165, 1.54) is 57.8 Å². The van der Waals surface area contributed by atoms with Gasteiger partial charge < -0.3 is 5.11 Å². The molecule has 0 aromatic rings. The fourth-order valence-electron chi connectivity index (χ4n) is 5.88. The van der Waals surface area contributed by atoms with Crippen molar-refractivity contribution in [2.75, 3.05) is 0 Å². The maximum atomic E-state index is 10.8. The summed E-state index contributed by atoms with van der Waals surface area (Å²) in [4.78, 5) is 0. The lowest BCUT2D eigenvalue weighted by Crippen LogP contribution is -2.52. The molecule has 0 radical (unpaired) electrons. The predicted octanol–water partition coefficient (Wildman–Crippen LogP) is 4.14. The van der Waals surface area contributed by atoms with Gasteiger partial charge in [-0.05, 0) is 57.3 Å². The molecule has 1 nitrogen and oxygen atoms in total. The molecular formula is C16H28O. The monoisotopic (exact) mass is 236 g/mol. The maximum Gasteiger partial charge on any atom is 0.0653 e. The van der Waals surface area contributed by atoms with Gasteiger partial charge in [-0.2, -0.15) is 0 Å². The molecule has 0 aromatic heterocycles. The zero-order valence-corrected chi connectivity index (χ0v) is 11.5. The van der Waals surface area contributed by atoms with Crippen LogP contribution in [0.3, 0.4) is 0 Å². The fourth-order valence-corrected chi connectivity index (χ4v) is 5.88. The number of aliphatic hydroxyl groups is 1. The van der Waals surface area contributed by atoms with Crippen LogP contribution in [-0.4, -0.2) is 10.7 Å². The molecule has 3 rings (SSSR count). The average molecular weight is 236 g/mol. The lowest BCUT2D eigenvalue weighted by Gasteiger charge is -2.53. The summed E-state index contributed by atoms with van der Waals surface area (Å²) < 4.78 is 0. The Labute approximate surface area is 106 Å². The van der Waals surface area contributed by atoms with E-state index in [-0.39, 0.29) is 5.41 Å². The van der Waals surface area contributed by atoms with E-state index in [1.54, 1.807) is 0 Å². The van der Waals surface area contributed by atoms with Crippen molar-refractivity contribution in [2.45, 2.75) is 77.2 Å². The molecule has 0 spiro atoms. The Bertz CT molecular complexity index is 290. The van der Waals surface area contributed by atoms with Gasteiger partial charge in [-0.3, -0.25) is 0 Å². The molecule has 1 N–H and O–H groups in total. The Kier molecular flexibility index (Phi) is 2.81. The number of rotatable bonds is 1. The second-order valence-corrected chi connectivity index (χ2v) is 7.43. The van der Waals surface area contributed by atoms with Crippen LogP contribution >= 0.6 is 0 Å². The van der Waals surface area contributed by atoms with Crippen LogP contribution in [0.15, 0.2) is 0 Å². The second kappa shape index (κ2) is 3.98. The van der Waals surface area contributed by atoms with E-state index in [0.29, 0.717) is 0 Å². The first kappa shape index (κ1) is 12.0. The van der Waals surface area contributed by atoms with E-state index in [0.717, 1.165) is 17.8 Å².